The van der Waals surface area contributed by atoms with Gasteiger partial charge in [0.25, 0.3) is 17.7 Å². The van der Waals surface area contributed by atoms with E-state index in [2.05, 4.69) is 16.2 Å². The van der Waals surface area contributed by atoms with Gasteiger partial charge in [0.2, 0.25) is 0 Å². The molecule has 0 fully saturated rings. The Morgan fingerprint density at radius 2 is 1.73 bits per heavy atom. The number of hydrogen-bond donors (Lipinski definition) is 4. The number of halogens is 1. The van der Waals surface area contributed by atoms with E-state index in [1.165, 1.54) is 43.5 Å². The Hall–Kier alpha value is -3.46. The first kappa shape index (κ1) is 22.8. The molecule has 0 radical (unpaired) electrons. The van der Waals surface area contributed by atoms with Crippen LogP contribution in [0.1, 0.15) is 34.6 Å². The summed E-state index contributed by atoms with van der Waals surface area (Å²) in [6, 6.07) is 8.26. The molecule has 2 rings (SSSR count). The van der Waals surface area contributed by atoms with E-state index in [1.54, 1.807) is 0 Å². The van der Waals surface area contributed by atoms with Crippen LogP contribution >= 0.6 is 11.6 Å². The first-order chi connectivity index (χ1) is 14.2. The third-order valence-corrected chi connectivity index (χ3v) is 3.96. The Morgan fingerprint density at radius 3 is 2.40 bits per heavy atom. The molecule has 30 heavy (non-hydrogen) atoms. The number of aromatic hydroxyl groups is 1. The summed E-state index contributed by atoms with van der Waals surface area (Å²) in [5.41, 5.74) is 4.50. The highest BCUT2D eigenvalue weighted by Crippen LogP contribution is 2.28. The molecule has 0 unspecified atom stereocenters. The number of hydrazine groups is 1. The van der Waals surface area contributed by atoms with Crippen molar-refractivity contribution in [2.45, 2.75) is 19.9 Å². The van der Waals surface area contributed by atoms with E-state index in [0.29, 0.717) is 0 Å². The van der Waals surface area contributed by atoms with E-state index >= 15 is 0 Å². The van der Waals surface area contributed by atoms with E-state index < -0.39 is 11.8 Å². The molecule has 9 nitrogen and oxygen atoms in total. The number of amides is 3. The van der Waals surface area contributed by atoms with Crippen molar-refractivity contribution in [3.8, 4) is 17.2 Å². The van der Waals surface area contributed by atoms with Crippen LogP contribution in [0.25, 0.3) is 0 Å². The maximum absolute atomic E-state index is 12.3. The second-order valence-electron chi connectivity index (χ2n) is 6.45. The lowest BCUT2D eigenvalue weighted by molar-refractivity contribution is -0.123. The van der Waals surface area contributed by atoms with E-state index in [0.717, 1.165) is 0 Å². The number of carbonyl (C=O) groups is 3. The molecule has 0 saturated carbocycles. The normalized spacial score (nSPS) is 10.3. The van der Waals surface area contributed by atoms with Crippen LogP contribution < -0.4 is 25.6 Å². The van der Waals surface area contributed by atoms with Gasteiger partial charge >= 0.3 is 0 Å². The molecule has 0 aliphatic carbocycles. The van der Waals surface area contributed by atoms with Crippen molar-refractivity contribution in [3.63, 3.8) is 0 Å². The summed E-state index contributed by atoms with van der Waals surface area (Å²) in [5, 5.41) is 12.7. The summed E-state index contributed by atoms with van der Waals surface area (Å²) in [6.45, 7) is 3.45. The summed E-state index contributed by atoms with van der Waals surface area (Å²) in [7, 11) is 1.39. The monoisotopic (exact) mass is 435 g/mol. The number of methoxy groups -OCH3 is 1. The van der Waals surface area contributed by atoms with Crippen molar-refractivity contribution in [1.82, 2.24) is 16.2 Å². The van der Waals surface area contributed by atoms with E-state index in [1.807, 2.05) is 13.8 Å². The SMILES string of the molecule is COc1cc(C(=O)NNC(=O)c2cc(Cl)ccc2O)ccc1OCC(=O)NC(C)C. The van der Waals surface area contributed by atoms with Gasteiger partial charge in [-0.1, -0.05) is 11.6 Å². The number of phenolic OH excluding ortho intramolecular Hbond substituents is 1. The molecule has 10 heteroatoms. The van der Waals surface area contributed by atoms with Crippen LogP contribution in [-0.2, 0) is 4.79 Å². The van der Waals surface area contributed by atoms with Gasteiger partial charge < -0.3 is 19.9 Å². The van der Waals surface area contributed by atoms with Gasteiger partial charge in [-0.05, 0) is 50.2 Å². The van der Waals surface area contributed by atoms with Crippen molar-refractivity contribution in [3.05, 3.63) is 52.5 Å². The minimum Gasteiger partial charge on any atom is -0.507 e. The minimum atomic E-state index is -0.744. The lowest BCUT2D eigenvalue weighted by Crippen LogP contribution is -2.41. The predicted octanol–water partition coefficient (Wildman–Crippen LogP) is 2.03. The number of benzene rings is 2. The van der Waals surface area contributed by atoms with Crippen LogP contribution in [-0.4, -0.2) is 42.6 Å². The second-order valence-corrected chi connectivity index (χ2v) is 6.88. The molecule has 3 amide bonds. The second kappa shape index (κ2) is 10.4. The smallest absolute Gasteiger partial charge is 0.273 e. The van der Waals surface area contributed by atoms with Crippen LogP contribution in [0.5, 0.6) is 17.2 Å². The first-order valence-electron chi connectivity index (χ1n) is 8.90. The summed E-state index contributed by atoms with van der Waals surface area (Å²) >= 11 is 5.81. The van der Waals surface area contributed by atoms with Crippen LogP contribution in [0.4, 0.5) is 0 Å². The average Bonchev–Trinajstić information content (AvgIpc) is 2.71. The molecule has 0 spiro atoms. The zero-order valence-electron chi connectivity index (χ0n) is 16.6. The Balaban J connectivity index is 2.01. The van der Waals surface area contributed by atoms with E-state index in [-0.39, 0.29) is 52.0 Å². The number of carbonyl (C=O) groups excluding carboxylic acids is 3. The number of phenols is 1. The Bertz CT molecular complexity index is 948. The van der Waals surface area contributed by atoms with Gasteiger partial charge in [-0.3, -0.25) is 25.2 Å². The highest BCUT2D eigenvalue weighted by atomic mass is 35.5. The van der Waals surface area contributed by atoms with Gasteiger partial charge in [0.05, 0.1) is 12.7 Å². The third-order valence-electron chi connectivity index (χ3n) is 3.73. The molecule has 0 aliphatic rings. The molecule has 0 aliphatic heterocycles. The standard InChI is InChI=1S/C20H22ClN3O6/c1-11(2)22-18(26)10-30-16-7-4-12(8-17(16)29-3)19(27)23-24-20(28)14-9-13(21)5-6-15(14)25/h4-9,11,25H,10H2,1-3H3,(H,22,26)(H,23,27)(H,24,28). The lowest BCUT2D eigenvalue weighted by atomic mass is 10.2. The number of nitrogens with one attached hydrogen (secondary N) is 3. The van der Waals surface area contributed by atoms with Gasteiger partial charge in [-0.25, -0.2) is 0 Å². The van der Waals surface area contributed by atoms with E-state index in [4.69, 9.17) is 21.1 Å². The van der Waals surface area contributed by atoms with E-state index in [9.17, 15) is 19.5 Å². The summed E-state index contributed by atoms with van der Waals surface area (Å²) in [4.78, 5) is 36.2. The number of ether oxygens (including phenoxy) is 2. The Kier molecular flexibility index (Phi) is 7.88. The quantitative estimate of drug-likeness (QED) is 0.493. The topological polar surface area (TPSA) is 126 Å². The zero-order valence-corrected chi connectivity index (χ0v) is 17.4. The number of rotatable bonds is 7. The van der Waals surface area contributed by atoms with Gasteiger partial charge in [-0.15, -0.1) is 0 Å². The molecule has 160 valence electrons. The summed E-state index contributed by atoms with van der Waals surface area (Å²) in [5.74, 6) is -1.44. The third kappa shape index (κ3) is 6.28. The van der Waals surface area contributed by atoms with Crippen molar-refractivity contribution < 1.29 is 29.0 Å². The maximum Gasteiger partial charge on any atom is 0.273 e. The zero-order chi connectivity index (χ0) is 22.3. The van der Waals surface area contributed by atoms with Crippen molar-refractivity contribution in [2.24, 2.45) is 0 Å². The van der Waals surface area contributed by atoms with Gasteiger partial charge in [0.15, 0.2) is 18.1 Å². The fraction of sp³-hybridized carbons (Fsp3) is 0.250. The fourth-order valence-electron chi connectivity index (χ4n) is 2.38. The molecular formula is C20H22ClN3O6. The lowest BCUT2D eigenvalue weighted by Gasteiger charge is -2.13. The fourth-order valence-corrected chi connectivity index (χ4v) is 2.55. The first-order valence-corrected chi connectivity index (χ1v) is 9.28. The number of hydrogen-bond acceptors (Lipinski definition) is 6. The molecule has 2 aromatic carbocycles. The Labute approximate surface area is 178 Å². The molecular weight excluding hydrogens is 414 g/mol. The van der Waals surface area contributed by atoms with Crippen LogP contribution in [0, 0.1) is 0 Å². The summed E-state index contributed by atoms with van der Waals surface area (Å²) in [6.07, 6.45) is 0. The molecule has 0 saturated heterocycles. The molecule has 2 aromatic rings. The molecule has 4 N–H and O–H groups in total. The van der Waals surface area contributed by atoms with Crippen molar-refractivity contribution >= 4 is 29.3 Å². The molecule has 0 heterocycles. The molecule has 0 aromatic heterocycles. The minimum absolute atomic E-state index is 0.0156. The predicted molar refractivity (Wildman–Crippen MR) is 110 cm³/mol. The average molecular weight is 436 g/mol. The molecule has 0 bridgehead atoms. The van der Waals surface area contributed by atoms with Crippen molar-refractivity contribution in [1.29, 1.82) is 0 Å². The van der Waals surface area contributed by atoms with Gasteiger partial charge in [0, 0.05) is 16.6 Å². The van der Waals surface area contributed by atoms with Crippen molar-refractivity contribution in [2.75, 3.05) is 13.7 Å². The summed E-state index contributed by atoms with van der Waals surface area (Å²) < 4.78 is 10.6. The largest absolute Gasteiger partial charge is 0.507 e. The van der Waals surface area contributed by atoms with Gasteiger partial charge in [0.1, 0.15) is 5.75 Å². The maximum atomic E-state index is 12.3. The van der Waals surface area contributed by atoms with Crippen LogP contribution in [0.15, 0.2) is 36.4 Å². The highest BCUT2D eigenvalue weighted by Gasteiger charge is 2.16. The van der Waals surface area contributed by atoms with Crippen LogP contribution in [0.2, 0.25) is 5.02 Å². The molecule has 0 atom stereocenters. The Morgan fingerprint density at radius 1 is 1.03 bits per heavy atom. The van der Waals surface area contributed by atoms with Gasteiger partial charge in [-0.2, -0.15) is 0 Å². The van der Waals surface area contributed by atoms with Crippen LogP contribution in [0.3, 0.4) is 0 Å². The highest BCUT2D eigenvalue weighted by molar-refractivity contribution is 6.31.